The average molecular weight is 351 g/mol. The van der Waals surface area contributed by atoms with Crippen molar-refractivity contribution in [3.63, 3.8) is 0 Å². The van der Waals surface area contributed by atoms with E-state index in [1.165, 1.54) is 16.6 Å². The highest BCUT2D eigenvalue weighted by Gasteiger charge is 2.48. The monoisotopic (exact) mass is 351 g/mol. The molecule has 1 aromatic carbocycles. The zero-order valence-corrected chi connectivity index (χ0v) is 14.4. The Kier molecular flexibility index (Phi) is 2.83. The highest BCUT2D eigenvalue weighted by molar-refractivity contribution is 6.10. The summed E-state index contributed by atoms with van der Waals surface area (Å²) in [6.07, 6.45) is 13.4. The maximum absolute atomic E-state index is 4.54. The molecule has 4 heterocycles. The van der Waals surface area contributed by atoms with Crippen LogP contribution in [0.15, 0.2) is 66.4 Å². The number of fused-ring (bicyclic) bond motifs is 2. The Morgan fingerprint density at radius 2 is 1.93 bits per heavy atom. The summed E-state index contributed by atoms with van der Waals surface area (Å²) < 4.78 is 2.11. The smallest absolute Gasteiger partial charge is 0.233 e. The molecule has 2 aliphatic rings. The number of aromatic nitrogens is 4. The van der Waals surface area contributed by atoms with Gasteiger partial charge in [-0.05, 0) is 36.6 Å². The molecule has 0 spiro atoms. The molecular formula is C21H15N6. The van der Waals surface area contributed by atoms with Crippen LogP contribution in [0, 0.1) is 0 Å². The topological polar surface area (TPSA) is 69.5 Å². The molecule has 0 atom stereocenters. The Labute approximate surface area is 155 Å². The molecule has 4 aromatic rings. The van der Waals surface area contributed by atoms with Crippen molar-refractivity contribution >= 4 is 28.5 Å². The molecule has 129 valence electrons. The molecule has 1 saturated carbocycles. The maximum atomic E-state index is 4.54. The van der Waals surface area contributed by atoms with E-state index in [1.54, 1.807) is 12.4 Å². The van der Waals surface area contributed by atoms with Gasteiger partial charge in [-0.2, -0.15) is 10.5 Å². The lowest BCUT2D eigenvalue weighted by Gasteiger charge is -2.16. The van der Waals surface area contributed by atoms with Crippen LogP contribution in [0.25, 0.3) is 22.3 Å². The molecule has 1 aliphatic heterocycles. The predicted octanol–water partition coefficient (Wildman–Crippen LogP) is 3.30. The van der Waals surface area contributed by atoms with Crippen LogP contribution in [0.5, 0.6) is 0 Å². The number of allylic oxidation sites excluding steroid dienone is 1. The van der Waals surface area contributed by atoms with Gasteiger partial charge in [-0.15, -0.1) is 0 Å². The third-order valence-electron chi connectivity index (χ3n) is 5.55. The number of imidazole rings is 1. The van der Waals surface area contributed by atoms with Gasteiger partial charge in [0, 0.05) is 40.5 Å². The molecule has 1 radical (unpaired) electrons. The summed E-state index contributed by atoms with van der Waals surface area (Å²) in [6, 6.07) is 10.7. The SMILES string of the molecule is C1=N[N]C=C1c1cnc2ncc(C3(c4ccc5ncccc5c4)CC3)n2c1. The minimum absolute atomic E-state index is 0.00767. The molecule has 1 fully saturated rings. The molecule has 6 heteroatoms. The van der Waals surface area contributed by atoms with E-state index in [0.29, 0.717) is 0 Å². The molecule has 0 unspecified atom stereocenters. The van der Waals surface area contributed by atoms with E-state index in [4.69, 9.17) is 0 Å². The van der Waals surface area contributed by atoms with Crippen LogP contribution in [-0.4, -0.2) is 25.6 Å². The summed E-state index contributed by atoms with van der Waals surface area (Å²) in [5.74, 6) is 0.718. The second kappa shape index (κ2) is 5.23. The number of hydrogen-bond acceptors (Lipinski definition) is 4. The quantitative estimate of drug-likeness (QED) is 0.569. The summed E-state index contributed by atoms with van der Waals surface area (Å²) in [4.78, 5) is 13.5. The molecule has 27 heavy (non-hydrogen) atoms. The first kappa shape index (κ1) is 14.6. The molecule has 1 aliphatic carbocycles. The summed E-state index contributed by atoms with van der Waals surface area (Å²) in [7, 11) is 0. The van der Waals surface area contributed by atoms with Crippen molar-refractivity contribution in [2.24, 2.45) is 5.10 Å². The Bertz CT molecular complexity index is 1260. The van der Waals surface area contributed by atoms with Crippen molar-refractivity contribution in [3.05, 3.63) is 78.1 Å². The van der Waals surface area contributed by atoms with Crippen LogP contribution in [0.3, 0.4) is 0 Å². The van der Waals surface area contributed by atoms with Crippen LogP contribution in [-0.2, 0) is 5.41 Å². The zero-order valence-electron chi connectivity index (χ0n) is 14.4. The molecule has 3 aromatic heterocycles. The van der Waals surface area contributed by atoms with Gasteiger partial charge >= 0.3 is 0 Å². The summed E-state index contributed by atoms with van der Waals surface area (Å²) in [5, 5.41) is 5.09. The van der Waals surface area contributed by atoms with Crippen molar-refractivity contribution in [3.8, 4) is 0 Å². The standard InChI is InChI=1S/C21H15N6/c1-2-14-8-17(3-4-18(14)22-7-1)21(5-6-21)19-12-24-20-23-9-16(13-27(19)20)15-10-25-26-11-15/h1-4,7-13H,5-6H2. The van der Waals surface area contributed by atoms with E-state index < -0.39 is 0 Å². The fraction of sp³-hybridized carbons (Fsp3) is 0.143. The van der Waals surface area contributed by atoms with Crippen molar-refractivity contribution in [2.75, 3.05) is 0 Å². The van der Waals surface area contributed by atoms with Crippen molar-refractivity contribution in [1.29, 1.82) is 0 Å². The van der Waals surface area contributed by atoms with Gasteiger partial charge in [0.2, 0.25) is 5.78 Å². The van der Waals surface area contributed by atoms with Crippen LogP contribution >= 0.6 is 0 Å². The lowest BCUT2D eigenvalue weighted by molar-refractivity contribution is 0.787. The number of pyridine rings is 1. The first-order valence-corrected chi connectivity index (χ1v) is 8.96. The van der Waals surface area contributed by atoms with Crippen LogP contribution in [0.4, 0.5) is 0 Å². The van der Waals surface area contributed by atoms with E-state index in [1.807, 2.05) is 24.7 Å². The lowest BCUT2D eigenvalue weighted by atomic mass is 9.91. The minimum atomic E-state index is -0.00767. The van der Waals surface area contributed by atoms with Gasteiger partial charge in [-0.3, -0.25) is 9.38 Å². The molecule has 0 amide bonds. The number of hydrogen-bond donors (Lipinski definition) is 0. The van der Waals surface area contributed by atoms with Gasteiger partial charge < -0.3 is 0 Å². The number of nitrogens with zero attached hydrogens (tertiary/aromatic N) is 6. The fourth-order valence-electron chi connectivity index (χ4n) is 3.94. The van der Waals surface area contributed by atoms with E-state index in [0.717, 1.165) is 35.3 Å². The summed E-state index contributed by atoms with van der Waals surface area (Å²) in [5.41, 5.74) is 9.38. The van der Waals surface area contributed by atoms with Crippen molar-refractivity contribution < 1.29 is 0 Å². The molecule has 6 nitrogen and oxygen atoms in total. The first-order chi connectivity index (χ1) is 13.3. The van der Waals surface area contributed by atoms with Gasteiger partial charge in [0.1, 0.15) is 0 Å². The Morgan fingerprint density at radius 1 is 1.00 bits per heavy atom. The van der Waals surface area contributed by atoms with Gasteiger partial charge in [0.15, 0.2) is 0 Å². The summed E-state index contributed by atoms with van der Waals surface area (Å²) in [6.45, 7) is 0. The second-order valence-electron chi connectivity index (χ2n) is 7.09. The van der Waals surface area contributed by atoms with E-state index in [9.17, 15) is 0 Å². The second-order valence-corrected chi connectivity index (χ2v) is 7.09. The Morgan fingerprint density at radius 3 is 2.78 bits per heavy atom. The van der Waals surface area contributed by atoms with Gasteiger partial charge in [-0.1, -0.05) is 12.1 Å². The molecular weight excluding hydrogens is 336 g/mol. The highest BCUT2D eigenvalue weighted by atomic mass is 15.3. The van der Waals surface area contributed by atoms with Gasteiger partial charge in [0.05, 0.1) is 29.8 Å². The predicted molar refractivity (Wildman–Crippen MR) is 103 cm³/mol. The molecule has 0 saturated heterocycles. The normalized spacial score (nSPS) is 17.3. The van der Waals surface area contributed by atoms with Gasteiger partial charge in [0.25, 0.3) is 0 Å². The van der Waals surface area contributed by atoms with Gasteiger partial charge in [-0.25, -0.2) is 9.97 Å². The highest BCUT2D eigenvalue weighted by Crippen LogP contribution is 2.53. The fourth-order valence-corrected chi connectivity index (χ4v) is 3.94. The Hall–Kier alpha value is -3.54. The molecule has 0 bridgehead atoms. The van der Waals surface area contributed by atoms with E-state index >= 15 is 0 Å². The van der Waals surface area contributed by atoms with Crippen LogP contribution in [0.1, 0.15) is 29.7 Å². The minimum Gasteiger partial charge on any atom is -0.287 e. The van der Waals surface area contributed by atoms with Crippen LogP contribution in [0.2, 0.25) is 0 Å². The maximum Gasteiger partial charge on any atom is 0.233 e. The number of rotatable bonds is 3. The van der Waals surface area contributed by atoms with Crippen molar-refractivity contribution in [2.45, 2.75) is 18.3 Å². The zero-order chi connectivity index (χ0) is 17.8. The summed E-state index contributed by atoms with van der Waals surface area (Å²) >= 11 is 0. The Balaban J connectivity index is 1.51. The lowest BCUT2D eigenvalue weighted by Crippen LogP contribution is -2.12. The number of benzene rings is 1. The molecule has 6 rings (SSSR count). The third kappa shape index (κ3) is 2.13. The molecule has 0 N–H and O–H groups in total. The average Bonchev–Trinajstić information content (AvgIpc) is 3.15. The largest absolute Gasteiger partial charge is 0.287 e. The van der Waals surface area contributed by atoms with E-state index in [-0.39, 0.29) is 5.41 Å². The van der Waals surface area contributed by atoms with Crippen LogP contribution < -0.4 is 5.43 Å². The van der Waals surface area contributed by atoms with Crippen molar-refractivity contribution in [1.82, 2.24) is 24.8 Å². The first-order valence-electron chi connectivity index (χ1n) is 8.96. The van der Waals surface area contributed by atoms with E-state index in [2.05, 4.69) is 60.3 Å². The third-order valence-corrected chi connectivity index (χ3v) is 5.55.